The van der Waals surface area contributed by atoms with Gasteiger partial charge in [0.2, 0.25) is 0 Å². The van der Waals surface area contributed by atoms with Gasteiger partial charge in [-0.1, -0.05) is 0 Å². The second-order valence-electron chi connectivity index (χ2n) is 0.283. The van der Waals surface area contributed by atoms with Gasteiger partial charge in [0, 0.05) is 0 Å². The quantitative estimate of drug-likeness (QED) is 0.438. The van der Waals surface area contributed by atoms with Crippen LogP contribution in [0.4, 0.5) is 4.79 Å². The fraction of sp³-hybridized carbons (Fsp3) is 0. The Morgan fingerprint density at radius 2 is 2.00 bits per heavy atom. The van der Waals surface area contributed by atoms with E-state index in [0.717, 1.165) is 0 Å². The second-order valence-corrected chi connectivity index (χ2v) is 0.665. The van der Waals surface area contributed by atoms with E-state index in [1.165, 1.54) is 0 Å². The number of carbonyl (C=O) groups is 1. The predicted molar refractivity (Wildman–Crippen MR) is 14.9 cm³/mol. The molecule has 0 aromatic heterocycles. The molecule has 0 fully saturated rings. The lowest BCUT2D eigenvalue weighted by atomic mass is 11.6. The molecule has 1 N–H and O–H groups in total. The van der Waals surface area contributed by atoms with E-state index in [1.54, 1.807) is 0 Å². The van der Waals surface area contributed by atoms with Crippen molar-refractivity contribution in [1.29, 1.82) is 0 Å². The van der Waals surface area contributed by atoms with Crippen molar-refractivity contribution in [2.45, 2.75) is 0 Å². The summed E-state index contributed by atoms with van der Waals surface area (Å²) >= 11 is 0. The molecule has 0 saturated carbocycles. The van der Waals surface area contributed by atoms with Gasteiger partial charge in [0.25, 0.3) is 0 Å². The van der Waals surface area contributed by atoms with Crippen LogP contribution in [0.3, 0.4) is 0 Å². The van der Waals surface area contributed by atoms with Gasteiger partial charge >= 0.3 is 5.71 Å². The minimum atomic E-state index is -1.14. The largest absolute Gasteiger partial charge is 0.478 e. The van der Waals surface area contributed by atoms with Crippen LogP contribution in [0, 0.1) is 0 Å². The van der Waals surface area contributed by atoms with Gasteiger partial charge in [-0.25, -0.2) is 4.79 Å². The summed E-state index contributed by atoms with van der Waals surface area (Å²) in [5, 5.41) is 7.28. The van der Waals surface area contributed by atoms with Crippen molar-refractivity contribution in [1.82, 2.24) is 0 Å². The van der Waals surface area contributed by atoms with E-state index in [-0.39, 0.29) is 0 Å². The van der Waals surface area contributed by atoms with Crippen LogP contribution in [-0.4, -0.2) is 10.8 Å². The van der Waals surface area contributed by atoms with Crippen LogP contribution in [0.1, 0.15) is 0 Å². The van der Waals surface area contributed by atoms with Crippen LogP contribution < -0.4 is 0 Å². The Morgan fingerprint density at radius 3 is 2.00 bits per heavy atom. The first-order valence-electron chi connectivity index (χ1n) is 0.651. The average Bonchev–Trinajstić information content (AvgIpc) is 0.811. The molecule has 0 saturated heterocycles. The first-order chi connectivity index (χ1) is 1.73. The molecule has 2 nitrogen and oxygen atoms in total. The van der Waals surface area contributed by atoms with Gasteiger partial charge in [0.1, 0.15) is 0 Å². The van der Waals surface area contributed by atoms with Crippen LogP contribution in [0.25, 0.3) is 0 Å². The summed E-state index contributed by atoms with van der Waals surface area (Å²) in [4.78, 5) is 8.86. The Balaban J connectivity index is 2.80. The lowest BCUT2D eigenvalue weighted by Crippen LogP contribution is -1.65. The average molecular weight is 76.0 g/mol. The molecule has 0 aliphatic heterocycles. The molecule has 0 atom stereocenters. The summed E-state index contributed by atoms with van der Waals surface area (Å²) in [5.41, 5.74) is -1.14. The van der Waals surface area contributed by atoms with E-state index < -0.39 is 5.71 Å². The van der Waals surface area contributed by atoms with Crippen LogP contribution in [0.5, 0.6) is 0 Å². The zero-order valence-electron chi connectivity index (χ0n) is 1.80. The fourth-order valence-corrected chi connectivity index (χ4v) is 0. The Kier molecular flexibility index (Phi) is 1.21. The van der Waals surface area contributed by atoms with Crippen molar-refractivity contribution in [2.24, 2.45) is 0 Å². The van der Waals surface area contributed by atoms with Crippen molar-refractivity contribution in [3.8, 4) is 0 Å². The Hall–Kier alpha value is -0.100. The predicted octanol–water partition coefficient (Wildman–Crippen LogP) is 1.07. The van der Waals surface area contributed by atoms with Gasteiger partial charge < -0.3 is 5.11 Å². The summed E-state index contributed by atoms with van der Waals surface area (Å²) in [5.74, 6) is 0. The van der Waals surface area contributed by atoms with E-state index >= 15 is 0 Å². The normalized spacial score (nSPS) is 6.25. The van der Waals surface area contributed by atoms with Crippen molar-refractivity contribution in [3.05, 3.63) is 0 Å². The zero-order chi connectivity index (χ0) is 3.58. The maximum absolute atomic E-state index is 8.86. The molecule has 0 rings (SSSR count). The third-order valence-electron chi connectivity index (χ3n) is 0. The molecule has 0 spiro atoms. The minimum Gasteiger partial charge on any atom is -0.478 e. The number of hydrogen-bond donors (Lipinski definition) is 1. The van der Waals surface area contributed by atoms with Gasteiger partial charge in [-0.3, -0.25) is 0 Å². The molecule has 0 aromatic rings. The van der Waals surface area contributed by atoms with Gasteiger partial charge in [-0.2, -0.15) is 0 Å². The molecular formula is CHO2P. The van der Waals surface area contributed by atoms with Crippen LogP contribution in [-0.2, 0) is 0 Å². The van der Waals surface area contributed by atoms with E-state index in [1.807, 2.05) is 0 Å². The van der Waals surface area contributed by atoms with Gasteiger partial charge in [0.05, 0.1) is 9.24 Å². The SMILES string of the molecule is O=C(O)[P]. The highest BCUT2D eigenvalue weighted by Gasteiger charge is 1.68. The first-order valence-corrected chi connectivity index (χ1v) is 1.10. The minimum absolute atomic E-state index is 1.14. The maximum atomic E-state index is 8.86. The molecule has 0 aromatic carbocycles. The van der Waals surface area contributed by atoms with E-state index in [2.05, 4.69) is 9.24 Å². The fourth-order valence-electron chi connectivity index (χ4n) is 0. The molecule has 4 heavy (non-hydrogen) atoms. The Bertz CT molecular complexity index is 29.0. The van der Waals surface area contributed by atoms with Gasteiger partial charge in [0.15, 0.2) is 0 Å². The molecular weight excluding hydrogens is 75.0 g/mol. The van der Waals surface area contributed by atoms with Gasteiger partial charge in [-0.05, 0) is 0 Å². The molecule has 0 aliphatic rings. The van der Waals surface area contributed by atoms with Crippen molar-refractivity contribution >= 4 is 15.0 Å². The highest BCUT2D eigenvalue weighted by molar-refractivity contribution is 7.38. The Morgan fingerprint density at radius 1 is 2.00 bits per heavy atom. The smallest absolute Gasteiger partial charge is 0.334 e. The highest BCUT2D eigenvalue weighted by Crippen LogP contribution is 1.74. The first kappa shape index (κ1) is 3.90. The molecule has 2 radical (unpaired) electrons. The summed E-state index contributed by atoms with van der Waals surface area (Å²) in [6.07, 6.45) is 0. The van der Waals surface area contributed by atoms with Crippen LogP contribution in [0.15, 0.2) is 0 Å². The third kappa shape index (κ3) is 154. The van der Waals surface area contributed by atoms with Crippen molar-refractivity contribution in [3.63, 3.8) is 0 Å². The molecule has 0 aliphatic carbocycles. The van der Waals surface area contributed by atoms with Crippen molar-refractivity contribution in [2.75, 3.05) is 0 Å². The molecule has 0 heterocycles. The molecule has 0 unspecified atom stereocenters. The monoisotopic (exact) mass is 76.0 g/mol. The van der Waals surface area contributed by atoms with Crippen molar-refractivity contribution < 1.29 is 9.90 Å². The molecule has 22 valence electrons. The maximum Gasteiger partial charge on any atom is 0.334 e. The lowest BCUT2D eigenvalue weighted by molar-refractivity contribution is 0.222. The Labute approximate surface area is 26.0 Å². The van der Waals surface area contributed by atoms with Crippen LogP contribution >= 0.6 is 9.24 Å². The number of hydrogen-bond acceptors (Lipinski definition) is 1. The summed E-state index contributed by atoms with van der Waals surface area (Å²) in [6, 6.07) is 0. The number of carboxylic acid groups (broad SMARTS) is 1. The summed E-state index contributed by atoms with van der Waals surface area (Å²) in [7, 11) is 2.88. The topological polar surface area (TPSA) is 37.3 Å². The van der Waals surface area contributed by atoms with E-state index in [9.17, 15) is 0 Å². The van der Waals surface area contributed by atoms with Crippen LogP contribution in [0.2, 0.25) is 0 Å². The third-order valence-corrected chi connectivity index (χ3v) is 0. The molecule has 3 heteroatoms. The number of rotatable bonds is 0. The molecule has 0 amide bonds. The zero-order valence-corrected chi connectivity index (χ0v) is 2.70. The van der Waals surface area contributed by atoms with E-state index in [4.69, 9.17) is 9.90 Å². The molecule has 0 bridgehead atoms. The highest BCUT2D eigenvalue weighted by atomic mass is 31.0. The lowest BCUT2D eigenvalue weighted by Gasteiger charge is -1.57. The standard InChI is InChI=1S/CHO2P/c2-1(3)4/h(H,2,3). The summed E-state index contributed by atoms with van der Waals surface area (Å²) < 4.78 is 0. The van der Waals surface area contributed by atoms with Gasteiger partial charge in [-0.15, -0.1) is 0 Å². The second kappa shape index (κ2) is 1.24. The van der Waals surface area contributed by atoms with E-state index in [0.29, 0.717) is 0 Å². The summed E-state index contributed by atoms with van der Waals surface area (Å²) in [6.45, 7) is 0.